The molecule has 25 heavy (non-hydrogen) atoms. The average molecular weight is 356 g/mol. The van der Waals surface area contributed by atoms with E-state index in [2.05, 4.69) is 50.4 Å². The minimum absolute atomic E-state index is 0.531. The van der Waals surface area contributed by atoms with Crippen LogP contribution in [0.3, 0.4) is 0 Å². The van der Waals surface area contributed by atoms with Crippen molar-refractivity contribution in [2.45, 2.75) is 51.7 Å². The van der Waals surface area contributed by atoms with Crippen LogP contribution >= 0.6 is 0 Å². The molecule has 6 nitrogen and oxygen atoms in total. The highest BCUT2D eigenvalue weighted by Gasteiger charge is 2.22. The predicted octanol–water partition coefficient (Wildman–Crippen LogP) is 3.62. The third-order valence-corrected chi connectivity index (χ3v) is 6.52. The molecule has 0 saturated heterocycles. The fourth-order valence-electron chi connectivity index (χ4n) is 3.35. The van der Waals surface area contributed by atoms with Gasteiger partial charge in [-0.15, -0.1) is 0 Å². The summed E-state index contributed by atoms with van der Waals surface area (Å²) < 4.78 is 7.94. The van der Waals surface area contributed by atoms with Gasteiger partial charge in [-0.3, -0.25) is 5.10 Å². The fraction of sp³-hybridized carbons (Fsp3) is 0.500. The maximum atomic E-state index is 5.88. The maximum Gasteiger partial charge on any atom is 0.145 e. The summed E-state index contributed by atoms with van der Waals surface area (Å²) in [7, 11) is -1.06. The number of nitrogens with one attached hydrogen (secondary N) is 1. The Balaban J connectivity index is 1.58. The Morgan fingerprint density at radius 3 is 2.92 bits per heavy atom. The van der Waals surface area contributed by atoms with Crippen LogP contribution in [0.15, 0.2) is 18.6 Å². The largest absolute Gasteiger partial charge is 0.361 e. The zero-order chi connectivity index (χ0) is 17.4. The van der Waals surface area contributed by atoms with Gasteiger partial charge in [0.15, 0.2) is 0 Å². The van der Waals surface area contributed by atoms with E-state index in [0.717, 1.165) is 41.9 Å². The van der Waals surface area contributed by atoms with E-state index in [1.54, 1.807) is 6.33 Å². The minimum Gasteiger partial charge on any atom is -0.361 e. The lowest BCUT2D eigenvalue weighted by Crippen LogP contribution is -2.22. The highest BCUT2D eigenvalue weighted by atomic mass is 28.3. The van der Waals surface area contributed by atoms with E-state index in [4.69, 9.17) is 4.74 Å². The summed E-state index contributed by atoms with van der Waals surface area (Å²) in [6, 6.07) is 3.24. The molecule has 0 radical (unpaired) electrons. The van der Waals surface area contributed by atoms with Gasteiger partial charge >= 0.3 is 0 Å². The number of ether oxygens (including phenoxy) is 1. The van der Waals surface area contributed by atoms with Crippen molar-refractivity contribution in [2.24, 2.45) is 0 Å². The first-order chi connectivity index (χ1) is 12.0. The molecule has 3 aromatic heterocycles. The number of fused-ring (bicyclic) bond motifs is 2. The molecule has 4 rings (SSSR count). The van der Waals surface area contributed by atoms with Crippen molar-refractivity contribution in [2.75, 3.05) is 6.61 Å². The van der Waals surface area contributed by atoms with Crippen LogP contribution in [0.4, 0.5) is 0 Å². The zero-order valence-electron chi connectivity index (χ0n) is 15.2. The van der Waals surface area contributed by atoms with Crippen LogP contribution in [0, 0.1) is 0 Å². The summed E-state index contributed by atoms with van der Waals surface area (Å²) in [5, 5.41) is 8.73. The third kappa shape index (κ3) is 3.26. The zero-order valence-corrected chi connectivity index (χ0v) is 16.2. The summed E-state index contributed by atoms with van der Waals surface area (Å²) in [6.07, 6.45) is 7.02. The molecule has 3 aromatic rings. The molecule has 0 saturated carbocycles. The first-order valence-electron chi connectivity index (χ1n) is 8.97. The second kappa shape index (κ2) is 6.38. The Morgan fingerprint density at radius 1 is 1.20 bits per heavy atom. The van der Waals surface area contributed by atoms with Gasteiger partial charge in [0.2, 0.25) is 0 Å². The molecule has 0 aliphatic heterocycles. The van der Waals surface area contributed by atoms with E-state index in [9.17, 15) is 0 Å². The number of nitrogens with zero attached hydrogens (tertiary/aromatic N) is 4. The van der Waals surface area contributed by atoms with E-state index in [1.165, 1.54) is 23.7 Å². The van der Waals surface area contributed by atoms with Crippen LogP contribution in [0.5, 0.6) is 0 Å². The Labute approximate surface area is 148 Å². The number of aromatic amines is 1. The number of rotatable bonds is 6. The van der Waals surface area contributed by atoms with Crippen LogP contribution in [0.25, 0.3) is 22.4 Å². The Morgan fingerprint density at radius 2 is 2.08 bits per heavy atom. The Hall–Kier alpha value is -1.99. The highest BCUT2D eigenvalue weighted by molar-refractivity contribution is 6.76. The lowest BCUT2D eigenvalue weighted by Gasteiger charge is -2.15. The molecule has 1 aliphatic carbocycles. The monoisotopic (exact) mass is 355 g/mol. The molecule has 1 aliphatic rings. The maximum absolute atomic E-state index is 5.88. The third-order valence-electron chi connectivity index (χ3n) is 4.81. The minimum atomic E-state index is -1.06. The van der Waals surface area contributed by atoms with E-state index in [1.807, 2.05) is 6.20 Å². The van der Waals surface area contributed by atoms with Crippen molar-refractivity contribution in [1.29, 1.82) is 0 Å². The molecule has 132 valence electrons. The van der Waals surface area contributed by atoms with Crippen LogP contribution < -0.4 is 0 Å². The summed E-state index contributed by atoms with van der Waals surface area (Å²) in [5.41, 5.74) is 5.39. The van der Waals surface area contributed by atoms with Crippen molar-refractivity contribution < 1.29 is 4.74 Å². The molecular weight excluding hydrogens is 330 g/mol. The van der Waals surface area contributed by atoms with E-state index in [-0.39, 0.29) is 0 Å². The van der Waals surface area contributed by atoms with Gasteiger partial charge in [-0.1, -0.05) is 19.6 Å². The molecule has 0 atom stereocenters. The molecule has 0 bridgehead atoms. The first kappa shape index (κ1) is 16.5. The predicted molar refractivity (Wildman–Crippen MR) is 101 cm³/mol. The molecule has 1 N–H and O–H groups in total. The van der Waals surface area contributed by atoms with Gasteiger partial charge in [-0.05, 0) is 31.4 Å². The van der Waals surface area contributed by atoms with Crippen molar-refractivity contribution in [3.8, 4) is 11.4 Å². The number of hydrogen-bond donors (Lipinski definition) is 1. The average Bonchev–Trinajstić information content (AvgIpc) is 3.26. The van der Waals surface area contributed by atoms with Gasteiger partial charge in [0, 0.05) is 37.5 Å². The molecular formula is C18H25N5OSi. The summed E-state index contributed by atoms with van der Waals surface area (Å²) in [5.74, 6) is 0. The van der Waals surface area contributed by atoms with Crippen LogP contribution in [0.1, 0.15) is 17.7 Å². The van der Waals surface area contributed by atoms with Crippen molar-refractivity contribution in [3.63, 3.8) is 0 Å². The second-order valence-corrected chi connectivity index (χ2v) is 13.6. The molecule has 3 heterocycles. The van der Waals surface area contributed by atoms with Crippen LogP contribution in [-0.4, -0.2) is 39.4 Å². The summed E-state index contributed by atoms with van der Waals surface area (Å²) in [4.78, 5) is 9.00. The number of aromatic nitrogens is 5. The molecule has 0 amide bonds. The molecule has 0 unspecified atom stereocenters. The van der Waals surface area contributed by atoms with Crippen LogP contribution in [0.2, 0.25) is 25.7 Å². The number of hydrogen-bond acceptors (Lipinski definition) is 4. The van der Waals surface area contributed by atoms with Gasteiger partial charge in [-0.2, -0.15) is 5.10 Å². The number of aryl methyl sites for hydroxylation is 1. The Kier molecular flexibility index (Phi) is 4.21. The lowest BCUT2D eigenvalue weighted by atomic mass is 10.1. The van der Waals surface area contributed by atoms with Crippen molar-refractivity contribution in [3.05, 3.63) is 29.8 Å². The van der Waals surface area contributed by atoms with E-state index >= 15 is 0 Å². The molecule has 7 heteroatoms. The van der Waals surface area contributed by atoms with Gasteiger partial charge in [0.05, 0.1) is 0 Å². The van der Waals surface area contributed by atoms with Crippen molar-refractivity contribution >= 4 is 19.1 Å². The number of H-pyrrole nitrogens is 1. The topological polar surface area (TPSA) is 68.6 Å². The second-order valence-electron chi connectivity index (χ2n) is 7.98. The smallest absolute Gasteiger partial charge is 0.145 e. The summed E-state index contributed by atoms with van der Waals surface area (Å²) in [6.45, 7) is 8.43. The van der Waals surface area contributed by atoms with Crippen LogP contribution in [-0.2, 0) is 24.3 Å². The van der Waals surface area contributed by atoms with Gasteiger partial charge in [-0.25, -0.2) is 9.97 Å². The molecule has 0 spiro atoms. The first-order valence-corrected chi connectivity index (χ1v) is 12.7. The van der Waals surface area contributed by atoms with Gasteiger partial charge < -0.3 is 9.30 Å². The van der Waals surface area contributed by atoms with Crippen molar-refractivity contribution in [1.82, 2.24) is 24.7 Å². The van der Waals surface area contributed by atoms with E-state index in [0.29, 0.717) is 6.73 Å². The highest BCUT2D eigenvalue weighted by Crippen LogP contribution is 2.32. The normalized spacial score (nSPS) is 14.4. The Bertz CT molecular complexity index is 893. The van der Waals surface area contributed by atoms with E-state index < -0.39 is 8.07 Å². The summed E-state index contributed by atoms with van der Waals surface area (Å²) >= 11 is 0. The van der Waals surface area contributed by atoms with Gasteiger partial charge in [0.25, 0.3) is 0 Å². The van der Waals surface area contributed by atoms with Gasteiger partial charge in [0.1, 0.15) is 30.1 Å². The molecule has 0 aromatic carbocycles. The quantitative estimate of drug-likeness (QED) is 0.541. The molecule has 0 fully saturated rings. The fourth-order valence-corrected chi connectivity index (χ4v) is 4.11. The lowest BCUT2D eigenvalue weighted by molar-refractivity contribution is 0.0899. The SMILES string of the molecule is C[Si](C)(C)CCOCn1ccc2c(-c3n[nH]c4c3CCC4)ncnc21. The standard InChI is InChI=1S/C18H25N5OSi/c1-25(2,3)10-9-24-12-23-8-7-14-16(19-11-20-18(14)23)17-13-5-4-6-15(13)21-22-17/h7-8,11H,4-6,9-10,12H2,1-3H3,(H,21,22).